The number of benzene rings is 1. The maximum absolute atomic E-state index is 10.5. The molecular formula is C31H42N4O3S. The zero-order valence-electron chi connectivity index (χ0n) is 23.1. The zero-order chi connectivity index (χ0) is 27.1. The molecule has 2 aliphatic heterocycles. The topological polar surface area (TPSA) is 71.0 Å². The van der Waals surface area contributed by atoms with Crippen molar-refractivity contribution in [3.05, 3.63) is 65.6 Å². The monoisotopic (exact) mass is 550 g/mol. The van der Waals surface area contributed by atoms with Crippen LogP contribution in [0.2, 0.25) is 0 Å². The number of likely N-dealkylation sites (tertiary alicyclic amines) is 1. The quantitative estimate of drug-likeness (QED) is 0.340. The minimum Gasteiger partial charge on any atom is -0.497 e. The molecule has 5 rings (SSSR count). The minimum atomic E-state index is -0.0154. The van der Waals surface area contributed by atoms with Crippen molar-refractivity contribution in [2.45, 2.75) is 43.9 Å². The predicted octanol–water partition coefficient (Wildman–Crippen LogP) is 4.54. The number of nitrogens with zero attached hydrogens (tertiary/aromatic N) is 4. The van der Waals surface area contributed by atoms with Crippen molar-refractivity contribution in [1.82, 2.24) is 19.8 Å². The molecule has 0 amide bonds. The van der Waals surface area contributed by atoms with Gasteiger partial charge in [0.05, 0.1) is 36.8 Å². The number of hydrogen-bond donors (Lipinski definition) is 2. The molecular weight excluding hydrogens is 508 g/mol. The Labute approximate surface area is 237 Å². The highest BCUT2D eigenvalue weighted by molar-refractivity contribution is 7.80. The number of fused-ring (bicyclic) bond motifs is 1. The second kappa shape index (κ2) is 13.4. The average Bonchev–Trinajstić information content (AvgIpc) is 2.99. The van der Waals surface area contributed by atoms with Gasteiger partial charge in [0, 0.05) is 50.6 Å². The van der Waals surface area contributed by atoms with Gasteiger partial charge >= 0.3 is 0 Å². The molecule has 2 saturated heterocycles. The van der Waals surface area contributed by atoms with E-state index in [-0.39, 0.29) is 17.3 Å². The van der Waals surface area contributed by atoms with Crippen LogP contribution >= 0.6 is 12.6 Å². The van der Waals surface area contributed by atoms with Crippen molar-refractivity contribution < 1.29 is 14.6 Å². The summed E-state index contributed by atoms with van der Waals surface area (Å²) in [5.74, 6) is 0.862. The Morgan fingerprint density at radius 2 is 1.90 bits per heavy atom. The van der Waals surface area contributed by atoms with Crippen LogP contribution in [0.15, 0.2) is 48.8 Å². The molecule has 8 heteroatoms. The molecule has 210 valence electrons. The van der Waals surface area contributed by atoms with Crippen LogP contribution in [0, 0.1) is 5.41 Å². The molecule has 2 aliphatic rings. The van der Waals surface area contributed by atoms with Crippen molar-refractivity contribution in [2.24, 2.45) is 5.41 Å². The smallest absolute Gasteiger partial charge is 0.119 e. The van der Waals surface area contributed by atoms with E-state index in [2.05, 4.69) is 33.1 Å². The Morgan fingerprint density at radius 3 is 2.62 bits per heavy atom. The van der Waals surface area contributed by atoms with Crippen LogP contribution in [0.5, 0.6) is 5.75 Å². The molecule has 0 bridgehead atoms. The van der Waals surface area contributed by atoms with Crippen LogP contribution in [-0.2, 0) is 17.7 Å². The lowest BCUT2D eigenvalue weighted by molar-refractivity contribution is 0.0337. The van der Waals surface area contributed by atoms with Gasteiger partial charge in [0.25, 0.3) is 0 Å². The lowest BCUT2D eigenvalue weighted by Gasteiger charge is -2.41. The number of aliphatic hydroxyl groups is 1. The predicted molar refractivity (Wildman–Crippen MR) is 158 cm³/mol. The first-order chi connectivity index (χ1) is 19.1. The van der Waals surface area contributed by atoms with Crippen LogP contribution in [-0.4, -0.2) is 84.5 Å². The number of pyridine rings is 2. The molecule has 2 aromatic heterocycles. The van der Waals surface area contributed by atoms with E-state index in [1.54, 1.807) is 7.11 Å². The summed E-state index contributed by atoms with van der Waals surface area (Å²) in [7, 11) is 1.72. The molecule has 3 aromatic rings. The average molecular weight is 551 g/mol. The summed E-state index contributed by atoms with van der Waals surface area (Å²) in [6.45, 7) is 7.48. The van der Waals surface area contributed by atoms with Crippen LogP contribution in [0.4, 0.5) is 0 Å². The summed E-state index contributed by atoms with van der Waals surface area (Å²) < 4.78 is 11.1. The number of thiol groups is 1. The molecule has 39 heavy (non-hydrogen) atoms. The molecule has 0 spiro atoms. The van der Waals surface area contributed by atoms with E-state index in [1.165, 1.54) is 16.5 Å². The van der Waals surface area contributed by atoms with E-state index in [0.29, 0.717) is 0 Å². The number of methoxy groups -OCH3 is 1. The Morgan fingerprint density at radius 1 is 1.08 bits per heavy atom. The number of rotatable bonds is 11. The first kappa shape index (κ1) is 28.3. The molecule has 4 heterocycles. The second-order valence-corrected chi connectivity index (χ2v) is 11.7. The summed E-state index contributed by atoms with van der Waals surface area (Å²) >= 11 is 4.82. The van der Waals surface area contributed by atoms with Gasteiger partial charge in [0.15, 0.2) is 0 Å². The van der Waals surface area contributed by atoms with Gasteiger partial charge in [-0.1, -0.05) is 6.07 Å². The lowest BCUT2D eigenvalue weighted by Crippen LogP contribution is -2.43. The van der Waals surface area contributed by atoms with Crippen molar-refractivity contribution in [3.8, 4) is 5.75 Å². The molecule has 1 atom stereocenters. The number of ether oxygens (including phenoxy) is 2. The molecule has 0 saturated carbocycles. The number of hydrogen-bond acceptors (Lipinski definition) is 8. The molecule has 1 unspecified atom stereocenters. The standard InChI is InChI=1S/C31H42N4O3S/c1-37-25-7-8-28-27(19-25)26(24(20-33-28)21-35-15-17-38-18-16-35)5-4-9-31(23-36)10-13-34(14-11-31)22-30(39)29-6-2-3-12-32-29/h2-3,6-8,12,19-20,30,36,39H,4-5,9-11,13-18,21-23H2,1H3. The molecule has 0 radical (unpaired) electrons. The van der Waals surface area contributed by atoms with Gasteiger partial charge < -0.3 is 19.5 Å². The van der Waals surface area contributed by atoms with Crippen molar-refractivity contribution in [1.29, 1.82) is 0 Å². The molecule has 2 fully saturated rings. The Hall–Kier alpha value is -2.23. The molecule has 1 N–H and O–H groups in total. The van der Waals surface area contributed by atoms with Crippen LogP contribution in [0.1, 0.15) is 47.8 Å². The van der Waals surface area contributed by atoms with Crippen molar-refractivity contribution in [2.75, 3.05) is 59.7 Å². The maximum Gasteiger partial charge on any atom is 0.119 e. The van der Waals surface area contributed by atoms with Gasteiger partial charge in [-0.15, -0.1) is 0 Å². The molecule has 7 nitrogen and oxygen atoms in total. The number of aliphatic hydroxyl groups excluding tert-OH is 1. The van der Waals surface area contributed by atoms with E-state index < -0.39 is 0 Å². The normalized spacial score (nSPS) is 19.3. The summed E-state index contributed by atoms with van der Waals surface area (Å²) in [5.41, 5.74) is 4.67. The summed E-state index contributed by atoms with van der Waals surface area (Å²) in [6, 6.07) is 12.2. The summed E-state index contributed by atoms with van der Waals surface area (Å²) in [6.07, 6.45) is 8.95. The summed E-state index contributed by atoms with van der Waals surface area (Å²) in [5, 5.41) is 11.8. The Bertz CT molecular complexity index is 1200. The highest BCUT2D eigenvalue weighted by atomic mass is 32.1. The van der Waals surface area contributed by atoms with E-state index in [0.717, 1.165) is 102 Å². The van der Waals surface area contributed by atoms with Crippen LogP contribution in [0.3, 0.4) is 0 Å². The third-order valence-corrected chi connectivity index (χ3v) is 9.05. The second-order valence-electron chi connectivity index (χ2n) is 11.1. The number of aryl methyl sites for hydroxylation is 1. The summed E-state index contributed by atoms with van der Waals surface area (Å²) in [4.78, 5) is 14.2. The highest BCUT2D eigenvalue weighted by Crippen LogP contribution is 2.38. The van der Waals surface area contributed by atoms with Crippen molar-refractivity contribution >= 4 is 23.5 Å². The van der Waals surface area contributed by atoms with E-state index in [9.17, 15) is 5.11 Å². The maximum atomic E-state index is 10.5. The fraction of sp³-hybridized carbons (Fsp3) is 0.548. The SMILES string of the molecule is COc1ccc2ncc(CN3CCOCC3)c(CCCC3(CO)CCN(CC(S)c4ccccn4)CC3)c2c1. The van der Waals surface area contributed by atoms with Gasteiger partial charge in [0.1, 0.15) is 5.75 Å². The van der Waals surface area contributed by atoms with E-state index in [1.807, 2.05) is 30.5 Å². The van der Waals surface area contributed by atoms with E-state index in [4.69, 9.17) is 27.1 Å². The first-order valence-corrected chi connectivity index (χ1v) is 14.8. The number of aromatic nitrogens is 2. The number of morpholine rings is 1. The zero-order valence-corrected chi connectivity index (χ0v) is 24.0. The van der Waals surface area contributed by atoms with E-state index >= 15 is 0 Å². The fourth-order valence-electron chi connectivity index (χ4n) is 6.07. The number of piperidine rings is 1. The van der Waals surface area contributed by atoms with Gasteiger partial charge in [0.2, 0.25) is 0 Å². The van der Waals surface area contributed by atoms with Gasteiger partial charge in [-0.05, 0) is 92.1 Å². The third kappa shape index (κ3) is 7.11. The largest absolute Gasteiger partial charge is 0.497 e. The van der Waals surface area contributed by atoms with Gasteiger partial charge in [-0.3, -0.25) is 14.9 Å². The van der Waals surface area contributed by atoms with Crippen LogP contribution < -0.4 is 4.74 Å². The Kier molecular flexibility index (Phi) is 9.74. The van der Waals surface area contributed by atoms with Crippen LogP contribution in [0.25, 0.3) is 10.9 Å². The van der Waals surface area contributed by atoms with Gasteiger partial charge in [-0.25, -0.2) is 0 Å². The lowest BCUT2D eigenvalue weighted by atomic mass is 9.74. The minimum absolute atomic E-state index is 0.0154. The van der Waals surface area contributed by atoms with Gasteiger partial charge in [-0.2, -0.15) is 12.6 Å². The molecule has 0 aliphatic carbocycles. The first-order valence-electron chi connectivity index (χ1n) is 14.3. The Balaban J connectivity index is 1.24. The third-order valence-electron chi connectivity index (χ3n) is 8.62. The highest BCUT2D eigenvalue weighted by Gasteiger charge is 2.34. The fourth-order valence-corrected chi connectivity index (χ4v) is 6.46. The van der Waals surface area contributed by atoms with Crippen molar-refractivity contribution in [3.63, 3.8) is 0 Å². The molecule has 1 aromatic carbocycles.